The Morgan fingerprint density at radius 1 is 1.17 bits per heavy atom. The van der Waals surface area contributed by atoms with Crippen molar-refractivity contribution >= 4 is 22.5 Å². The molecule has 1 aromatic carbocycles. The lowest BCUT2D eigenvalue weighted by Crippen LogP contribution is -2.38. The highest BCUT2D eigenvalue weighted by molar-refractivity contribution is 5.95. The van der Waals surface area contributed by atoms with Crippen LogP contribution in [0.1, 0.15) is 17.1 Å². The van der Waals surface area contributed by atoms with Gasteiger partial charge in [-0.2, -0.15) is 4.52 Å². The van der Waals surface area contributed by atoms with Crippen LogP contribution in [0.15, 0.2) is 36.5 Å². The first-order valence-electron chi connectivity index (χ1n) is 9.48. The zero-order valence-electron chi connectivity index (χ0n) is 16.2. The predicted octanol–water partition coefficient (Wildman–Crippen LogP) is 2.46. The Hall–Kier alpha value is -3.40. The van der Waals surface area contributed by atoms with Crippen LogP contribution in [0, 0.1) is 0 Å². The van der Waals surface area contributed by atoms with E-state index < -0.39 is 12.5 Å². The molecule has 3 aromatic heterocycles. The molecule has 1 aliphatic heterocycles. The van der Waals surface area contributed by atoms with Gasteiger partial charge in [-0.1, -0.05) is 12.1 Å². The van der Waals surface area contributed by atoms with Gasteiger partial charge in [-0.15, -0.1) is 5.10 Å². The molecule has 0 saturated heterocycles. The van der Waals surface area contributed by atoms with Crippen LogP contribution in [-0.4, -0.2) is 49.0 Å². The average molecular weight is 411 g/mol. The number of hydrogen-bond acceptors (Lipinski definition) is 7. The summed E-state index contributed by atoms with van der Waals surface area (Å²) in [4.78, 5) is 14.9. The highest BCUT2D eigenvalue weighted by Gasteiger charge is 2.33. The number of nitrogens with two attached hydrogens (primary N) is 1. The Labute approximate surface area is 170 Å². The molecular formula is C20H19F2N7O. The highest BCUT2D eigenvalue weighted by Crippen LogP contribution is 2.29. The van der Waals surface area contributed by atoms with E-state index >= 15 is 0 Å². The average Bonchev–Trinajstić information content (AvgIpc) is 3.36. The summed E-state index contributed by atoms with van der Waals surface area (Å²) < 4.78 is 34.7. The first-order valence-corrected chi connectivity index (χ1v) is 9.48. The molecule has 2 N–H and O–H groups in total. The largest absolute Gasteiger partial charge is 0.494 e. The van der Waals surface area contributed by atoms with Gasteiger partial charge in [-0.05, 0) is 23.8 Å². The van der Waals surface area contributed by atoms with Crippen molar-refractivity contribution in [1.82, 2.24) is 29.5 Å². The second-order valence-electron chi connectivity index (χ2n) is 7.21. The number of nitrogens with zero attached hydrogens (tertiary/aromatic N) is 6. The molecular weight excluding hydrogens is 392 g/mol. The van der Waals surface area contributed by atoms with Gasteiger partial charge in [0.1, 0.15) is 11.3 Å². The van der Waals surface area contributed by atoms with E-state index in [4.69, 9.17) is 10.5 Å². The molecule has 8 nitrogen and oxygen atoms in total. The summed E-state index contributed by atoms with van der Waals surface area (Å²) >= 11 is 0. The summed E-state index contributed by atoms with van der Waals surface area (Å²) in [5.41, 5.74) is 8.87. The van der Waals surface area contributed by atoms with Crippen LogP contribution in [0.4, 0.5) is 14.7 Å². The fraction of sp³-hybridized carbons (Fsp3) is 0.300. The monoisotopic (exact) mass is 411 g/mol. The molecule has 0 amide bonds. The fourth-order valence-corrected chi connectivity index (χ4v) is 3.94. The van der Waals surface area contributed by atoms with E-state index in [-0.39, 0.29) is 18.2 Å². The van der Waals surface area contributed by atoms with Crippen LogP contribution in [-0.2, 0) is 19.5 Å². The molecule has 0 spiro atoms. The lowest BCUT2D eigenvalue weighted by atomic mass is 10.1. The minimum atomic E-state index is -2.56. The van der Waals surface area contributed by atoms with E-state index in [0.717, 1.165) is 11.3 Å². The number of alkyl halides is 2. The van der Waals surface area contributed by atoms with E-state index in [1.807, 2.05) is 24.3 Å². The van der Waals surface area contributed by atoms with Crippen molar-refractivity contribution in [2.45, 2.75) is 32.0 Å². The molecule has 0 aliphatic carbocycles. The minimum absolute atomic E-state index is 0.0156. The SMILES string of the molecule is COc1cccc2c1nc(N)n1nc(CC(C(F)F)N3Cc4cccnc4C3)nc21. The number of aromatic nitrogens is 5. The van der Waals surface area contributed by atoms with Gasteiger partial charge in [-0.3, -0.25) is 9.88 Å². The van der Waals surface area contributed by atoms with Crippen LogP contribution in [0.5, 0.6) is 5.75 Å². The molecule has 0 fully saturated rings. The molecule has 4 aromatic rings. The molecule has 0 bridgehead atoms. The molecule has 0 saturated carbocycles. The van der Waals surface area contributed by atoms with Crippen LogP contribution in [0.2, 0.25) is 0 Å². The molecule has 10 heteroatoms. The van der Waals surface area contributed by atoms with E-state index in [0.29, 0.717) is 35.4 Å². The van der Waals surface area contributed by atoms with E-state index in [2.05, 4.69) is 20.1 Å². The first-order chi connectivity index (χ1) is 14.5. The van der Waals surface area contributed by atoms with Crippen molar-refractivity contribution < 1.29 is 13.5 Å². The summed E-state index contributed by atoms with van der Waals surface area (Å²) in [5, 5.41) is 5.05. The topological polar surface area (TPSA) is 94.5 Å². The molecule has 154 valence electrons. The van der Waals surface area contributed by atoms with Gasteiger partial charge in [0, 0.05) is 31.1 Å². The van der Waals surface area contributed by atoms with Crippen LogP contribution < -0.4 is 10.5 Å². The molecule has 1 unspecified atom stereocenters. The van der Waals surface area contributed by atoms with E-state index in [1.54, 1.807) is 24.3 Å². The number of methoxy groups -OCH3 is 1. The number of benzene rings is 1. The summed E-state index contributed by atoms with van der Waals surface area (Å²) in [7, 11) is 1.54. The van der Waals surface area contributed by atoms with Crippen LogP contribution in [0.3, 0.4) is 0 Å². The number of anilines is 1. The predicted molar refractivity (Wildman–Crippen MR) is 106 cm³/mol. The Morgan fingerprint density at radius 2 is 2.03 bits per heavy atom. The van der Waals surface area contributed by atoms with Crippen molar-refractivity contribution in [1.29, 1.82) is 0 Å². The molecule has 5 rings (SSSR count). The number of fused-ring (bicyclic) bond motifs is 4. The Kier molecular flexibility index (Phi) is 4.43. The Balaban J connectivity index is 1.51. The smallest absolute Gasteiger partial charge is 0.254 e. The normalized spacial score (nSPS) is 15.2. The zero-order valence-corrected chi connectivity index (χ0v) is 16.2. The van der Waals surface area contributed by atoms with Crippen molar-refractivity contribution in [3.05, 3.63) is 53.6 Å². The number of hydrogen-bond donors (Lipinski definition) is 1. The quantitative estimate of drug-likeness (QED) is 0.539. The third-order valence-electron chi connectivity index (χ3n) is 5.42. The number of halogens is 2. The van der Waals surface area contributed by atoms with E-state index in [9.17, 15) is 8.78 Å². The zero-order chi connectivity index (χ0) is 20.8. The molecule has 1 aliphatic rings. The van der Waals surface area contributed by atoms with Gasteiger partial charge in [0.2, 0.25) is 5.95 Å². The summed E-state index contributed by atoms with van der Waals surface area (Å²) in [6, 6.07) is 8.11. The van der Waals surface area contributed by atoms with Crippen molar-refractivity contribution in [2.75, 3.05) is 12.8 Å². The van der Waals surface area contributed by atoms with Gasteiger partial charge in [0.25, 0.3) is 6.43 Å². The van der Waals surface area contributed by atoms with Crippen LogP contribution >= 0.6 is 0 Å². The summed E-state index contributed by atoms with van der Waals surface area (Å²) in [6.45, 7) is 0.803. The second kappa shape index (κ2) is 7.13. The standard InChI is InChI=1S/C20H19F2N7O/c1-30-15-6-2-5-12-17(15)26-20(23)29-19(12)25-16(27-29)8-14(18(21)22)28-9-11-4-3-7-24-13(11)10-28/h2-7,14,18H,8-10H2,1H3,(H2,23,26). The van der Waals surface area contributed by atoms with Gasteiger partial charge in [0.15, 0.2) is 11.5 Å². The Bertz CT molecular complexity index is 1220. The summed E-state index contributed by atoms with van der Waals surface area (Å²) in [6.07, 6.45) is -0.894. The molecule has 30 heavy (non-hydrogen) atoms. The van der Waals surface area contributed by atoms with Gasteiger partial charge in [0.05, 0.1) is 18.8 Å². The third kappa shape index (κ3) is 3.00. The maximum atomic E-state index is 14.0. The lowest BCUT2D eigenvalue weighted by Gasteiger charge is -2.25. The molecule has 4 heterocycles. The van der Waals surface area contributed by atoms with Crippen molar-refractivity contribution in [3.8, 4) is 5.75 Å². The maximum Gasteiger partial charge on any atom is 0.254 e. The van der Waals surface area contributed by atoms with E-state index in [1.165, 1.54) is 4.52 Å². The second-order valence-corrected chi connectivity index (χ2v) is 7.21. The fourth-order valence-electron chi connectivity index (χ4n) is 3.94. The number of nitrogen functional groups attached to an aromatic ring is 1. The molecule has 0 radical (unpaired) electrons. The first kappa shape index (κ1) is 18.6. The third-order valence-corrected chi connectivity index (χ3v) is 5.42. The summed E-state index contributed by atoms with van der Waals surface area (Å²) in [5.74, 6) is 0.958. The minimum Gasteiger partial charge on any atom is -0.494 e. The van der Waals surface area contributed by atoms with Gasteiger partial charge < -0.3 is 10.5 Å². The van der Waals surface area contributed by atoms with Gasteiger partial charge in [-0.25, -0.2) is 18.7 Å². The number of ether oxygens (including phenoxy) is 1. The van der Waals surface area contributed by atoms with Crippen molar-refractivity contribution in [3.63, 3.8) is 0 Å². The number of rotatable bonds is 5. The number of pyridine rings is 1. The van der Waals surface area contributed by atoms with Gasteiger partial charge >= 0.3 is 0 Å². The highest BCUT2D eigenvalue weighted by atomic mass is 19.3. The van der Waals surface area contributed by atoms with Crippen LogP contribution in [0.25, 0.3) is 16.6 Å². The Morgan fingerprint density at radius 3 is 2.80 bits per heavy atom. The molecule has 1 atom stereocenters. The van der Waals surface area contributed by atoms with Crippen molar-refractivity contribution in [2.24, 2.45) is 0 Å². The lowest BCUT2D eigenvalue weighted by molar-refractivity contribution is 0.0216. The maximum absolute atomic E-state index is 14.0. The number of para-hydroxylation sites is 1.